The van der Waals surface area contributed by atoms with E-state index in [-0.39, 0.29) is 18.4 Å². The lowest BCUT2D eigenvalue weighted by Crippen LogP contribution is -2.42. The van der Waals surface area contributed by atoms with Crippen molar-refractivity contribution in [3.05, 3.63) is 34.3 Å². The van der Waals surface area contributed by atoms with Crippen LogP contribution in [-0.2, 0) is 0 Å². The van der Waals surface area contributed by atoms with Crippen LogP contribution < -0.4 is 0 Å². The van der Waals surface area contributed by atoms with Crippen molar-refractivity contribution < 1.29 is 9.90 Å². The summed E-state index contributed by atoms with van der Waals surface area (Å²) >= 11 is 3.37. The molecular weight excluding hydrogens is 306 g/mol. The normalized spacial score (nSPS) is 20.4. The first-order chi connectivity index (χ1) is 9.20. The number of rotatable bonds is 5. The highest BCUT2D eigenvalue weighted by molar-refractivity contribution is 9.10. The topological polar surface area (TPSA) is 40.5 Å². The Bertz CT molecular complexity index is 419. The lowest BCUT2D eigenvalue weighted by molar-refractivity contribution is 0.0793. The first-order valence-corrected chi connectivity index (χ1v) is 7.63. The smallest absolute Gasteiger partial charge is 0.164 e. The molecule has 1 saturated heterocycles. The summed E-state index contributed by atoms with van der Waals surface area (Å²) < 4.78 is 0.987. The van der Waals surface area contributed by atoms with Crippen LogP contribution in [0, 0.1) is 0 Å². The predicted molar refractivity (Wildman–Crippen MR) is 79.4 cm³/mol. The summed E-state index contributed by atoms with van der Waals surface area (Å²) in [5, 5.41) is 9.34. The SMILES string of the molecule is O=C(CCN1CCCCC1CO)c1ccc(Br)cc1. The molecular formula is C15H20BrNO2. The van der Waals surface area contributed by atoms with E-state index in [1.54, 1.807) is 0 Å². The Balaban J connectivity index is 1.87. The number of piperidine rings is 1. The lowest BCUT2D eigenvalue weighted by Gasteiger charge is -2.34. The van der Waals surface area contributed by atoms with Crippen molar-refractivity contribution >= 4 is 21.7 Å². The van der Waals surface area contributed by atoms with Gasteiger partial charge in [-0.2, -0.15) is 0 Å². The molecule has 1 atom stereocenters. The molecule has 1 aromatic carbocycles. The van der Waals surface area contributed by atoms with Gasteiger partial charge in [-0.3, -0.25) is 9.69 Å². The van der Waals surface area contributed by atoms with Gasteiger partial charge in [-0.05, 0) is 31.5 Å². The van der Waals surface area contributed by atoms with Gasteiger partial charge in [0.05, 0.1) is 6.61 Å². The highest BCUT2D eigenvalue weighted by Gasteiger charge is 2.21. The number of carbonyl (C=O) groups excluding carboxylic acids is 1. The third-order valence-electron chi connectivity index (χ3n) is 3.75. The maximum absolute atomic E-state index is 12.1. The molecule has 0 bridgehead atoms. The number of nitrogens with zero attached hydrogens (tertiary/aromatic N) is 1. The Morgan fingerprint density at radius 1 is 1.32 bits per heavy atom. The fourth-order valence-electron chi connectivity index (χ4n) is 2.59. The summed E-state index contributed by atoms with van der Waals surface area (Å²) in [6, 6.07) is 7.74. The molecule has 0 saturated carbocycles. The van der Waals surface area contributed by atoms with E-state index in [1.807, 2.05) is 24.3 Å². The Morgan fingerprint density at radius 2 is 2.05 bits per heavy atom. The minimum Gasteiger partial charge on any atom is -0.395 e. The van der Waals surface area contributed by atoms with E-state index < -0.39 is 0 Å². The highest BCUT2D eigenvalue weighted by atomic mass is 79.9. The lowest BCUT2D eigenvalue weighted by atomic mass is 10.0. The second kappa shape index (κ2) is 7.17. The standard InChI is InChI=1S/C15H20BrNO2/c16-13-6-4-12(5-7-13)15(19)8-10-17-9-2-1-3-14(17)11-18/h4-7,14,18H,1-3,8-11H2. The maximum Gasteiger partial charge on any atom is 0.164 e. The summed E-state index contributed by atoms with van der Waals surface area (Å²) in [5.74, 6) is 0.176. The Morgan fingerprint density at radius 3 is 2.74 bits per heavy atom. The first kappa shape index (κ1) is 14.7. The number of benzene rings is 1. The van der Waals surface area contributed by atoms with Gasteiger partial charge in [0.1, 0.15) is 0 Å². The zero-order valence-corrected chi connectivity index (χ0v) is 12.6. The van der Waals surface area contributed by atoms with Crippen LogP contribution >= 0.6 is 15.9 Å². The molecule has 3 nitrogen and oxygen atoms in total. The minimum absolute atomic E-state index is 0.176. The van der Waals surface area contributed by atoms with Gasteiger partial charge in [-0.15, -0.1) is 0 Å². The second-order valence-corrected chi connectivity index (χ2v) is 5.96. The van der Waals surface area contributed by atoms with E-state index in [1.165, 1.54) is 12.8 Å². The largest absolute Gasteiger partial charge is 0.395 e. The number of halogens is 1. The van der Waals surface area contributed by atoms with Crippen molar-refractivity contribution in [1.82, 2.24) is 4.90 Å². The van der Waals surface area contributed by atoms with Crippen LogP contribution in [0.25, 0.3) is 0 Å². The number of aliphatic hydroxyl groups is 1. The van der Waals surface area contributed by atoms with Gasteiger partial charge in [-0.25, -0.2) is 0 Å². The zero-order chi connectivity index (χ0) is 13.7. The molecule has 0 spiro atoms. The maximum atomic E-state index is 12.1. The molecule has 19 heavy (non-hydrogen) atoms. The van der Waals surface area contributed by atoms with Crippen LogP contribution in [0.3, 0.4) is 0 Å². The molecule has 104 valence electrons. The monoisotopic (exact) mass is 325 g/mol. The van der Waals surface area contributed by atoms with Gasteiger partial charge in [0.2, 0.25) is 0 Å². The van der Waals surface area contributed by atoms with E-state index >= 15 is 0 Å². The Kier molecular flexibility index (Phi) is 5.55. The number of aliphatic hydroxyl groups excluding tert-OH is 1. The van der Waals surface area contributed by atoms with Crippen LogP contribution in [-0.4, -0.2) is 41.5 Å². The molecule has 1 aromatic rings. The number of hydrogen-bond donors (Lipinski definition) is 1. The van der Waals surface area contributed by atoms with Crippen LogP contribution in [0.5, 0.6) is 0 Å². The number of hydrogen-bond acceptors (Lipinski definition) is 3. The third-order valence-corrected chi connectivity index (χ3v) is 4.28. The van der Waals surface area contributed by atoms with E-state index in [0.29, 0.717) is 6.42 Å². The van der Waals surface area contributed by atoms with Gasteiger partial charge in [-0.1, -0.05) is 34.5 Å². The Hall–Kier alpha value is -0.710. The molecule has 1 aliphatic rings. The van der Waals surface area contributed by atoms with Crippen LogP contribution in [0.1, 0.15) is 36.0 Å². The molecule has 0 aliphatic carbocycles. The fraction of sp³-hybridized carbons (Fsp3) is 0.533. The van der Waals surface area contributed by atoms with Crippen LogP contribution in [0.2, 0.25) is 0 Å². The fourth-order valence-corrected chi connectivity index (χ4v) is 2.85. The molecule has 0 radical (unpaired) electrons. The number of carbonyl (C=O) groups is 1. The highest BCUT2D eigenvalue weighted by Crippen LogP contribution is 2.18. The molecule has 1 heterocycles. The van der Waals surface area contributed by atoms with Crippen molar-refractivity contribution in [2.24, 2.45) is 0 Å². The summed E-state index contributed by atoms with van der Waals surface area (Å²) in [6.45, 7) is 1.95. The van der Waals surface area contributed by atoms with Crippen molar-refractivity contribution in [2.75, 3.05) is 19.7 Å². The molecule has 1 unspecified atom stereocenters. The molecule has 1 aliphatic heterocycles. The molecule has 1 N–H and O–H groups in total. The van der Waals surface area contributed by atoms with Crippen molar-refractivity contribution in [3.8, 4) is 0 Å². The van der Waals surface area contributed by atoms with Crippen molar-refractivity contribution in [1.29, 1.82) is 0 Å². The van der Waals surface area contributed by atoms with Crippen LogP contribution in [0.4, 0.5) is 0 Å². The Labute approximate surface area is 122 Å². The molecule has 1 fully saturated rings. The van der Waals surface area contributed by atoms with E-state index in [0.717, 1.165) is 29.5 Å². The summed E-state index contributed by atoms with van der Waals surface area (Å²) in [4.78, 5) is 14.3. The molecule has 0 amide bonds. The average molecular weight is 326 g/mol. The predicted octanol–water partition coefficient (Wildman–Crippen LogP) is 2.87. The van der Waals surface area contributed by atoms with E-state index in [9.17, 15) is 9.90 Å². The van der Waals surface area contributed by atoms with Gasteiger partial charge >= 0.3 is 0 Å². The number of likely N-dealkylation sites (tertiary alicyclic amines) is 1. The second-order valence-electron chi connectivity index (χ2n) is 5.05. The van der Waals surface area contributed by atoms with E-state index in [2.05, 4.69) is 20.8 Å². The average Bonchev–Trinajstić information content (AvgIpc) is 2.45. The first-order valence-electron chi connectivity index (χ1n) is 6.84. The van der Waals surface area contributed by atoms with Gasteiger partial charge in [0.15, 0.2) is 5.78 Å². The molecule has 2 rings (SSSR count). The van der Waals surface area contributed by atoms with Crippen LogP contribution in [0.15, 0.2) is 28.7 Å². The van der Waals surface area contributed by atoms with Gasteiger partial charge < -0.3 is 5.11 Å². The summed E-state index contributed by atoms with van der Waals surface area (Å²) in [7, 11) is 0. The number of ketones is 1. The minimum atomic E-state index is 0.176. The van der Waals surface area contributed by atoms with Gasteiger partial charge in [0.25, 0.3) is 0 Å². The third kappa shape index (κ3) is 4.13. The summed E-state index contributed by atoms with van der Waals surface area (Å²) in [6.07, 6.45) is 3.92. The molecule has 4 heteroatoms. The van der Waals surface area contributed by atoms with Crippen molar-refractivity contribution in [3.63, 3.8) is 0 Å². The zero-order valence-electron chi connectivity index (χ0n) is 11.0. The molecule has 0 aromatic heterocycles. The quantitative estimate of drug-likeness (QED) is 0.846. The van der Waals surface area contributed by atoms with Gasteiger partial charge in [0, 0.05) is 29.0 Å². The van der Waals surface area contributed by atoms with E-state index in [4.69, 9.17) is 0 Å². The summed E-state index contributed by atoms with van der Waals surface area (Å²) in [5.41, 5.74) is 0.765. The van der Waals surface area contributed by atoms with Crippen molar-refractivity contribution in [2.45, 2.75) is 31.7 Å². The number of Topliss-reactive ketones (excluding diaryl/α,β-unsaturated/α-hetero) is 1.